The number of fused-ring (bicyclic) bond motifs is 1. The van der Waals surface area contributed by atoms with Crippen LogP contribution in [0.15, 0.2) is 43.0 Å². The fourth-order valence-corrected chi connectivity index (χ4v) is 6.31. The lowest BCUT2D eigenvalue weighted by atomic mass is 9.85. The lowest BCUT2D eigenvalue weighted by Crippen LogP contribution is -2.65. The molecule has 4 atom stereocenters. The third-order valence-electron chi connectivity index (χ3n) is 5.42. The van der Waals surface area contributed by atoms with Crippen LogP contribution in [0.5, 0.6) is 0 Å². The number of hydrogen-bond donors (Lipinski definition) is 0. The van der Waals surface area contributed by atoms with Crippen molar-refractivity contribution in [1.29, 1.82) is 0 Å². The van der Waals surface area contributed by atoms with Crippen LogP contribution in [0.3, 0.4) is 0 Å². The van der Waals surface area contributed by atoms with E-state index in [-0.39, 0.29) is 6.61 Å². The van der Waals surface area contributed by atoms with Gasteiger partial charge in [-0.25, -0.2) is 13.2 Å². The first-order valence-corrected chi connectivity index (χ1v) is 10.7. The van der Waals surface area contributed by atoms with Crippen LogP contribution < -0.4 is 0 Å². The van der Waals surface area contributed by atoms with Crippen LogP contribution >= 0.6 is 0 Å². The molecule has 0 radical (unpaired) electrons. The Labute approximate surface area is 169 Å². The Morgan fingerprint density at radius 1 is 1.28 bits per heavy atom. The molecule has 29 heavy (non-hydrogen) atoms. The molecule has 2 heterocycles. The molecule has 2 saturated heterocycles. The lowest BCUT2D eigenvalue weighted by Gasteiger charge is -2.45. The summed E-state index contributed by atoms with van der Waals surface area (Å²) >= 11 is 0. The van der Waals surface area contributed by atoms with Crippen molar-refractivity contribution in [3.05, 3.63) is 48.6 Å². The average molecular weight is 421 g/mol. The maximum atomic E-state index is 13.3. The summed E-state index contributed by atoms with van der Waals surface area (Å²) in [7, 11) is -3.97. The van der Waals surface area contributed by atoms with Crippen LogP contribution in [0, 0.1) is 5.92 Å². The highest BCUT2D eigenvalue weighted by atomic mass is 32.2. The molecule has 0 aliphatic carbocycles. The van der Waals surface area contributed by atoms with Crippen molar-refractivity contribution in [2.24, 2.45) is 5.92 Å². The minimum absolute atomic E-state index is 0.0956. The molecule has 9 heteroatoms. The van der Waals surface area contributed by atoms with Crippen LogP contribution in [0.25, 0.3) is 0 Å². The van der Waals surface area contributed by atoms with Crippen LogP contribution in [0.2, 0.25) is 0 Å². The molecule has 1 amide bonds. The summed E-state index contributed by atoms with van der Waals surface area (Å²) in [6.07, 6.45) is 0.287. The van der Waals surface area contributed by atoms with Gasteiger partial charge in [-0.3, -0.25) is 9.59 Å². The van der Waals surface area contributed by atoms with Gasteiger partial charge in [0, 0.05) is 6.92 Å². The highest BCUT2D eigenvalue weighted by Crippen LogP contribution is 2.53. The van der Waals surface area contributed by atoms with Gasteiger partial charge in [0.05, 0.1) is 4.75 Å². The number of carbonyl (C=O) groups excluding carboxylic acids is 3. The summed E-state index contributed by atoms with van der Waals surface area (Å²) in [5.74, 6) is -3.15. The predicted molar refractivity (Wildman–Crippen MR) is 103 cm³/mol. The minimum atomic E-state index is -3.97. The summed E-state index contributed by atoms with van der Waals surface area (Å²) in [4.78, 5) is 38.3. The average Bonchev–Trinajstić information content (AvgIpc) is 2.80. The number of hydrogen-bond acceptors (Lipinski definition) is 7. The zero-order valence-corrected chi connectivity index (χ0v) is 17.2. The lowest BCUT2D eigenvalue weighted by molar-refractivity contribution is -0.177. The number of β-lactam (4-membered cyclic amide) rings is 1. The van der Waals surface area contributed by atoms with E-state index in [1.165, 1.54) is 26.8 Å². The molecule has 0 aromatic heterocycles. The second-order valence-corrected chi connectivity index (χ2v) is 10.2. The molecular weight excluding hydrogens is 398 g/mol. The summed E-state index contributed by atoms with van der Waals surface area (Å²) in [5, 5.41) is -1.28. The molecule has 8 nitrogen and oxygen atoms in total. The van der Waals surface area contributed by atoms with Crippen LogP contribution in [0.1, 0.15) is 32.4 Å². The van der Waals surface area contributed by atoms with E-state index in [1.54, 1.807) is 30.3 Å². The van der Waals surface area contributed by atoms with Gasteiger partial charge in [-0.1, -0.05) is 43.0 Å². The number of esters is 2. The summed E-state index contributed by atoms with van der Waals surface area (Å²) in [5.41, 5.74) is 0.506. The fraction of sp³-hybridized carbons (Fsp3) is 0.450. The molecule has 0 saturated carbocycles. The third-order valence-corrected chi connectivity index (χ3v) is 8.27. The van der Waals surface area contributed by atoms with Crippen molar-refractivity contribution in [3.8, 4) is 0 Å². The SMILES string of the molecule is C=CCOC(=O)[C@@H]1N2C(=O)[C@@H](C(OC(C)=O)c3ccccc3)[C@H]2S(=O)(=O)C1(C)C. The summed E-state index contributed by atoms with van der Waals surface area (Å²) in [6.45, 7) is 7.35. The largest absolute Gasteiger partial charge is 0.460 e. The summed E-state index contributed by atoms with van der Waals surface area (Å²) in [6, 6.07) is 7.20. The fourth-order valence-electron chi connectivity index (χ4n) is 4.00. The number of nitrogens with zero attached hydrogens (tertiary/aromatic N) is 1. The first-order valence-electron chi connectivity index (χ1n) is 9.11. The Bertz CT molecular complexity index is 954. The van der Waals surface area contributed by atoms with Gasteiger partial charge in [-0.05, 0) is 19.4 Å². The van der Waals surface area contributed by atoms with Gasteiger partial charge in [0.25, 0.3) is 0 Å². The van der Waals surface area contributed by atoms with E-state index in [9.17, 15) is 22.8 Å². The normalized spacial score (nSPS) is 27.3. The van der Waals surface area contributed by atoms with Gasteiger partial charge in [-0.2, -0.15) is 0 Å². The molecule has 3 rings (SSSR count). The van der Waals surface area contributed by atoms with Gasteiger partial charge >= 0.3 is 11.9 Å². The van der Waals surface area contributed by atoms with Crippen LogP contribution in [-0.2, 0) is 33.7 Å². The van der Waals surface area contributed by atoms with Crippen LogP contribution in [-0.4, -0.2) is 53.9 Å². The Morgan fingerprint density at radius 2 is 1.90 bits per heavy atom. The van der Waals surface area contributed by atoms with E-state index in [1.807, 2.05) is 0 Å². The Morgan fingerprint density at radius 3 is 2.45 bits per heavy atom. The van der Waals surface area contributed by atoms with Crippen LogP contribution in [0.4, 0.5) is 0 Å². The standard InChI is InChI=1S/C20H23NO7S/c1-5-11-27-19(24)16-20(3,4)29(25,26)18-14(17(23)21(16)18)15(28-12(2)22)13-9-7-6-8-10-13/h5-10,14-16,18H,1,11H2,2-4H3/t14-,15?,16+,18-/m1/s1. The smallest absolute Gasteiger partial charge is 0.330 e. The molecule has 156 valence electrons. The van der Waals surface area contributed by atoms with Gasteiger partial charge in [0.15, 0.2) is 15.2 Å². The first kappa shape index (κ1) is 21.0. The first-order chi connectivity index (χ1) is 13.6. The van der Waals surface area contributed by atoms with Gasteiger partial charge < -0.3 is 14.4 Å². The number of amides is 1. The second kappa shape index (κ2) is 7.29. The monoisotopic (exact) mass is 421 g/mol. The second-order valence-electron chi connectivity index (χ2n) is 7.57. The van der Waals surface area contributed by atoms with Crippen molar-refractivity contribution >= 4 is 27.7 Å². The third kappa shape index (κ3) is 3.13. The molecule has 1 aromatic carbocycles. The van der Waals surface area contributed by atoms with Gasteiger partial charge in [-0.15, -0.1) is 0 Å². The van der Waals surface area contributed by atoms with E-state index >= 15 is 0 Å². The number of ether oxygens (including phenoxy) is 2. The van der Waals surface area contributed by atoms with E-state index in [0.29, 0.717) is 5.56 Å². The molecule has 1 unspecified atom stereocenters. The van der Waals surface area contributed by atoms with E-state index < -0.39 is 55.9 Å². The minimum Gasteiger partial charge on any atom is -0.460 e. The number of carbonyl (C=O) groups is 3. The van der Waals surface area contributed by atoms with Crippen molar-refractivity contribution in [3.63, 3.8) is 0 Å². The Hall–Kier alpha value is -2.68. The molecule has 2 fully saturated rings. The topological polar surface area (TPSA) is 107 Å². The van der Waals surface area contributed by atoms with E-state index in [4.69, 9.17) is 9.47 Å². The van der Waals surface area contributed by atoms with Crippen molar-refractivity contribution in [1.82, 2.24) is 4.90 Å². The van der Waals surface area contributed by atoms with E-state index in [2.05, 4.69) is 6.58 Å². The van der Waals surface area contributed by atoms with Crippen molar-refractivity contribution < 1.29 is 32.3 Å². The maximum absolute atomic E-state index is 13.3. The number of sulfone groups is 1. The highest BCUT2D eigenvalue weighted by molar-refractivity contribution is 7.93. The summed E-state index contributed by atoms with van der Waals surface area (Å²) < 4.78 is 35.4. The Balaban J connectivity index is 2.03. The molecule has 2 aliphatic heterocycles. The van der Waals surface area contributed by atoms with Gasteiger partial charge in [0.1, 0.15) is 24.7 Å². The molecule has 0 bridgehead atoms. The zero-order valence-electron chi connectivity index (χ0n) is 16.4. The number of benzene rings is 1. The molecule has 0 N–H and O–H groups in total. The Kier molecular flexibility index (Phi) is 5.29. The van der Waals surface area contributed by atoms with E-state index in [0.717, 1.165) is 4.90 Å². The van der Waals surface area contributed by atoms with Crippen molar-refractivity contribution in [2.45, 2.75) is 43.0 Å². The van der Waals surface area contributed by atoms with Gasteiger partial charge in [0.2, 0.25) is 5.91 Å². The maximum Gasteiger partial charge on any atom is 0.330 e. The molecular formula is C20H23NO7S. The quantitative estimate of drug-likeness (QED) is 0.388. The predicted octanol–water partition coefficient (Wildman–Crippen LogP) is 1.38. The van der Waals surface area contributed by atoms with Crippen molar-refractivity contribution in [2.75, 3.05) is 6.61 Å². The molecule has 2 aliphatic rings. The molecule has 1 aromatic rings. The zero-order chi connectivity index (χ0) is 21.6. The molecule has 0 spiro atoms. The highest BCUT2D eigenvalue weighted by Gasteiger charge is 2.74. The number of rotatable bonds is 6.